The van der Waals surface area contributed by atoms with Gasteiger partial charge in [0.25, 0.3) is 0 Å². The third-order valence-electron chi connectivity index (χ3n) is 3.55. The molecule has 0 amide bonds. The van der Waals surface area contributed by atoms with E-state index < -0.39 is 17.4 Å². The summed E-state index contributed by atoms with van der Waals surface area (Å²) in [7, 11) is 0. The van der Waals surface area contributed by atoms with E-state index in [0.717, 1.165) is 6.07 Å². The van der Waals surface area contributed by atoms with Gasteiger partial charge in [-0.2, -0.15) is 0 Å². The fourth-order valence-corrected chi connectivity index (χ4v) is 2.31. The van der Waals surface area contributed by atoms with Crippen LogP contribution in [0, 0.1) is 18.6 Å². The van der Waals surface area contributed by atoms with Gasteiger partial charge in [0.15, 0.2) is 5.78 Å². The number of anilines is 1. The molecule has 5 heteroatoms. The summed E-state index contributed by atoms with van der Waals surface area (Å²) in [6.45, 7) is 1.53. The highest BCUT2D eigenvalue weighted by atomic mass is 19.1. The zero-order valence-electron chi connectivity index (χ0n) is 11.2. The second-order valence-corrected chi connectivity index (χ2v) is 4.87. The van der Waals surface area contributed by atoms with Gasteiger partial charge in [-0.1, -0.05) is 6.07 Å². The van der Waals surface area contributed by atoms with E-state index in [2.05, 4.69) is 4.98 Å². The summed E-state index contributed by atoms with van der Waals surface area (Å²) in [4.78, 5) is 15.3. The Morgan fingerprint density at radius 3 is 2.67 bits per heavy atom. The Bertz CT molecular complexity index is 845. The Hall–Kier alpha value is -2.69. The van der Waals surface area contributed by atoms with Gasteiger partial charge in [-0.05, 0) is 31.2 Å². The average molecular weight is 286 g/mol. The summed E-state index contributed by atoms with van der Waals surface area (Å²) in [5, 5.41) is 0.196. The maximum absolute atomic E-state index is 13.9. The Morgan fingerprint density at radius 2 is 1.95 bits per heavy atom. The lowest BCUT2D eigenvalue weighted by molar-refractivity contribution is 0.103. The van der Waals surface area contributed by atoms with Gasteiger partial charge >= 0.3 is 0 Å². The van der Waals surface area contributed by atoms with Crippen LogP contribution in [-0.4, -0.2) is 10.8 Å². The number of carbonyl (C=O) groups excluding carboxylic acids is 1. The number of fused-ring (bicyclic) bond motifs is 1. The minimum absolute atomic E-state index is 0.0970. The highest BCUT2D eigenvalue weighted by Crippen LogP contribution is 2.26. The second kappa shape index (κ2) is 4.70. The highest BCUT2D eigenvalue weighted by Gasteiger charge is 2.18. The van der Waals surface area contributed by atoms with Crippen LogP contribution >= 0.6 is 0 Å². The molecule has 0 saturated carbocycles. The van der Waals surface area contributed by atoms with Crippen molar-refractivity contribution in [3.05, 3.63) is 64.9 Å². The minimum Gasteiger partial charge on any atom is -0.398 e. The van der Waals surface area contributed by atoms with Crippen LogP contribution in [0.15, 0.2) is 36.5 Å². The van der Waals surface area contributed by atoms with E-state index in [1.807, 2.05) is 0 Å². The number of halogens is 2. The molecule has 0 aliphatic rings. The summed E-state index contributed by atoms with van der Waals surface area (Å²) in [5.74, 6) is -1.53. The molecule has 1 aromatic heterocycles. The number of hydrogen-bond donors (Lipinski definition) is 2. The van der Waals surface area contributed by atoms with Crippen molar-refractivity contribution in [3.8, 4) is 0 Å². The van der Waals surface area contributed by atoms with Crippen LogP contribution in [0.4, 0.5) is 14.5 Å². The third-order valence-corrected chi connectivity index (χ3v) is 3.55. The number of hydrogen-bond acceptors (Lipinski definition) is 2. The molecule has 3 N–H and O–H groups in total. The number of aromatic nitrogens is 1. The predicted molar refractivity (Wildman–Crippen MR) is 77.2 cm³/mol. The molecule has 0 spiro atoms. The molecule has 0 aliphatic heterocycles. The van der Waals surface area contributed by atoms with Gasteiger partial charge in [-0.3, -0.25) is 4.79 Å². The third kappa shape index (κ3) is 2.07. The molecule has 0 radical (unpaired) electrons. The zero-order valence-corrected chi connectivity index (χ0v) is 11.2. The summed E-state index contributed by atoms with van der Waals surface area (Å²) in [6, 6.07) is 7.01. The number of ketones is 1. The van der Waals surface area contributed by atoms with Crippen LogP contribution in [-0.2, 0) is 0 Å². The van der Waals surface area contributed by atoms with Crippen molar-refractivity contribution in [2.45, 2.75) is 6.92 Å². The first-order valence-electron chi connectivity index (χ1n) is 6.35. The van der Waals surface area contributed by atoms with Crippen LogP contribution in [0.3, 0.4) is 0 Å². The zero-order chi connectivity index (χ0) is 15.1. The number of nitrogens with two attached hydrogens (primary N) is 1. The van der Waals surface area contributed by atoms with Crippen LogP contribution in [0.5, 0.6) is 0 Å². The second-order valence-electron chi connectivity index (χ2n) is 4.87. The molecule has 0 saturated heterocycles. The van der Waals surface area contributed by atoms with E-state index >= 15 is 0 Å². The quantitative estimate of drug-likeness (QED) is 0.559. The number of aromatic amines is 1. The number of carbonyl (C=O) groups is 1. The first-order valence-corrected chi connectivity index (χ1v) is 6.35. The number of benzene rings is 2. The van der Waals surface area contributed by atoms with Gasteiger partial charge in [0.2, 0.25) is 0 Å². The number of nitrogens with one attached hydrogen (secondary N) is 1. The molecule has 2 aromatic carbocycles. The van der Waals surface area contributed by atoms with Crippen molar-refractivity contribution < 1.29 is 13.6 Å². The molecule has 106 valence electrons. The van der Waals surface area contributed by atoms with Crippen molar-refractivity contribution in [1.82, 2.24) is 4.98 Å². The van der Waals surface area contributed by atoms with E-state index in [9.17, 15) is 13.6 Å². The van der Waals surface area contributed by atoms with Crippen molar-refractivity contribution in [2.75, 3.05) is 5.73 Å². The molecule has 3 aromatic rings. The molecule has 0 aliphatic carbocycles. The summed E-state index contributed by atoms with van der Waals surface area (Å²) in [5.41, 5.74) is 6.93. The Morgan fingerprint density at radius 1 is 1.19 bits per heavy atom. The van der Waals surface area contributed by atoms with E-state index in [0.29, 0.717) is 5.52 Å². The molecule has 0 unspecified atom stereocenters. The monoisotopic (exact) mass is 286 g/mol. The number of H-pyrrole nitrogens is 1. The Labute approximate surface area is 119 Å². The fourth-order valence-electron chi connectivity index (χ4n) is 2.31. The SMILES string of the molecule is Cc1c(N)cc(C(=O)c2c[nH]c3cccc(F)c23)cc1F. The minimum atomic E-state index is -0.557. The Kier molecular flexibility index (Phi) is 2.97. The fraction of sp³-hybridized carbons (Fsp3) is 0.0625. The van der Waals surface area contributed by atoms with Gasteiger partial charge in [-0.15, -0.1) is 0 Å². The Balaban J connectivity index is 2.17. The van der Waals surface area contributed by atoms with Crippen LogP contribution < -0.4 is 5.73 Å². The largest absolute Gasteiger partial charge is 0.398 e. The van der Waals surface area contributed by atoms with Crippen molar-refractivity contribution in [1.29, 1.82) is 0 Å². The van der Waals surface area contributed by atoms with Gasteiger partial charge in [-0.25, -0.2) is 8.78 Å². The normalized spacial score (nSPS) is 11.0. The van der Waals surface area contributed by atoms with E-state index in [1.54, 1.807) is 12.1 Å². The topological polar surface area (TPSA) is 58.9 Å². The molecule has 3 nitrogen and oxygen atoms in total. The first-order chi connectivity index (χ1) is 9.99. The highest BCUT2D eigenvalue weighted by molar-refractivity contribution is 6.16. The van der Waals surface area contributed by atoms with Gasteiger partial charge in [0.05, 0.1) is 5.56 Å². The van der Waals surface area contributed by atoms with Gasteiger partial charge in [0.1, 0.15) is 11.6 Å². The lowest BCUT2D eigenvalue weighted by Crippen LogP contribution is -2.04. The van der Waals surface area contributed by atoms with Gasteiger partial charge < -0.3 is 10.7 Å². The molecule has 1 heterocycles. The van der Waals surface area contributed by atoms with Crippen LogP contribution in [0.1, 0.15) is 21.5 Å². The molecular formula is C16H12F2N2O. The number of rotatable bonds is 2. The predicted octanol–water partition coefficient (Wildman–Crippen LogP) is 3.57. The standard InChI is InChI=1S/C16H12F2N2O/c1-8-12(18)5-9(6-13(8)19)16(21)10-7-20-14-4-2-3-11(17)15(10)14/h2-7,20H,19H2,1H3. The molecule has 0 atom stereocenters. The lowest BCUT2D eigenvalue weighted by Gasteiger charge is -2.06. The van der Waals surface area contributed by atoms with Crippen molar-refractivity contribution >= 4 is 22.4 Å². The molecule has 0 fully saturated rings. The van der Waals surface area contributed by atoms with Crippen molar-refractivity contribution in [2.24, 2.45) is 0 Å². The maximum Gasteiger partial charge on any atom is 0.195 e. The summed E-state index contributed by atoms with van der Waals surface area (Å²) >= 11 is 0. The van der Waals surface area contributed by atoms with Crippen LogP contribution in [0.2, 0.25) is 0 Å². The van der Waals surface area contributed by atoms with E-state index in [1.165, 1.54) is 25.3 Å². The smallest absolute Gasteiger partial charge is 0.195 e. The molecule has 21 heavy (non-hydrogen) atoms. The van der Waals surface area contributed by atoms with Gasteiger partial charge in [0, 0.05) is 33.9 Å². The summed E-state index contributed by atoms with van der Waals surface area (Å²) < 4.78 is 27.6. The van der Waals surface area contributed by atoms with Crippen molar-refractivity contribution in [3.63, 3.8) is 0 Å². The van der Waals surface area contributed by atoms with Crippen LogP contribution in [0.25, 0.3) is 10.9 Å². The number of nitrogen functional groups attached to an aromatic ring is 1. The molecular weight excluding hydrogens is 274 g/mol. The molecule has 0 bridgehead atoms. The lowest BCUT2D eigenvalue weighted by atomic mass is 10.00. The molecule has 3 rings (SSSR count). The maximum atomic E-state index is 13.9. The average Bonchev–Trinajstić information content (AvgIpc) is 2.89. The first kappa shape index (κ1) is 13.3. The van der Waals surface area contributed by atoms with E-state index in [4.69, 9.17) is 5.73 Å². The summed E-state index contributed by atoms with van der Waals surface area (Å²) in [6.07, 6.45) is 1.42. The van der Waals surface area contributed by atoms with E-state index in [-0.39, 0.29) is 27.8 Å².